The van der Waals surface area contributed by atoms with Crippen LogP contribution in [0.1, 0.15) is 0 Å². The molecule has 0 unspecified atom stereocenters. The highest BCUT2D eigenvalue weighted by Gasteiger charge is 2.05. The van der Waals surface area contributed by atoms with Crippen molar-refractivity contribution in [2.75, 3.05) is 17.3 Å². The van der Waals surface area contributed by atoms with Gasteiger partial charge in [0.05, 0.1) is 0 Å². The lowest BCUT2D eigenvalue weighted by Crippen LogP contribution is -2.27. The first-order valence-corrected chi connectivity index (χ1v) is 7.21. The van der Waals surface area contributed by atoms with E-state index in [-0.39, 0.29) is 18.0 Å². The van der Waals surface area contributed by atoms with E-state index < -0.39 is 0 Å². The number of thioether (sulfide) groups is 1. The van der Waals surface area contributed by atoms with Gasteiger partial charge in [0, 0.05) is 28.5 Å². The number of anilines is 2. The molecule has 1 heterocycles. The molecule has 0 aliphatic rings. The van der Waals surface area contributed by atoms with Crippen LogP contribution in [0, 0.1) is 0 Å². The summed E-state index contributed by atoms with van der Waals surface area (Å²) in [5.41, 5.74) is 6.50. The summed E-state index contributed by atoms with van der Waals surface area (Å²) in [6.45, 7) is -0.0621. The normalized spacial score (nSPS) is 10.2. The fourth-order valence-corrected chi connectivity index (χ4v) is 2.19. The number of nitrogens with zero attached hydrogens (tertiary/aromatic N) is 1. The van der Waals surface area contributed by atoms with E-state index in [4.69, 9.17) is 5.73 Å². The quantitative estimate of drug-likeness (QED) is 0.841. The zero-order chi connectivity index (χ0) is 14.5. The van der Waals surface area contributed by atoms with Gasteiger partial charge in [0.2, 0.25) is 5.91 Å². The van der Waals surface area contributed by atoms with Gasteiger partial charge in [0.25, 0.3) is 5.56 Å². The van der Waals surface area contributed by atoms with Crippen molar-refractivity contribution in [1.82, 2.24) is 4.57 Å². The van der Waals surface area contributed by atoms with Crippen LogP contribution in [0.3, 0.4) is 0 Å². The van der Waals surface area contributed by atoms with E-state index in [9.17, 15) is 9.59 Å². The third kappa shape index (κ3) is 3.64. The molecule has 0 bridgehead atoms. The summed E-state index contributed by atoms with van der Waals surface area (Å²) in [6, 6.07) is 10.4. The standard InChI is InChI=1S/C14H15N3O2S/c1-20-12-4-2-3-11(7-12)16-13(18)9-17-8-10(15)5-6-14(17)19/h2-8H,9,15H2,1H3,(H,16,18). The van der Waals surface area contributed by atoms with Crippen LogP contribution in [0.15, 0.2) is 52.3 Å². The number of rotatable bonds is 4. The predicted molar refractivity (Wildman–Crippen MR) is 82.0 cm³/mol. The van der Waals surface area contributed by atoms with E-state index >= 15 is 0 Å². The number of amides is 1. The molecule has 0 saturated carbocycles. The summed E-state index contributed by atoms with van der Waals surface area (Å²) >= 11 is 1.60. The van der Waals surface area contributed by atoms with E-state index in [0.717, 1.165) is 4.90 Å². The topological polar surface area (TPSA) is 77.1 Å². The van der Waals surface area contributed by atoms with Gasteiger partial charge < -0.3 is 15.6 Å². The molecule has 1 aromatic carbocycles. The molecule has 0 radical (unpaired) electrons. The maximum Gasteiger partial charge on any atom is 0.251 e. The van der Waals surface area contributed by atoms with Crippen molar-refractivity contribution < 1.29 is 4.79 Å². The van der Waals surface area contributed by atoms with E-state index in [1.807, 2.05) is 24.5 Å². The lowest BCUT2D eigenvalue weighted by molar-refractivity contribution is -0.116. The molecule has 3 N–H and O–H groups in total. The van der Waals surface area contributed by atoms with Gasteiger partial charge in [-0.2, -0.15) is 0 Å². The van der Waals surface area contributed by atoms with Crippen molar-refractivity contribution in [3.63, 3.8) is 0 Å². The molecule has 104 valence electrons. The van der Waals surface area contributed by atoms with Crippen LogP contribution < -0.4 is 16.6 Å². The van der Waals surface area contributed by atoms with Crippen LogP contribution in [0.25, 0.3) is 0 Å². The maximum atomic E-state index is 11.9. The number of nitrogens with two attached hydrogens (primary N) is 1. The van der Waals surface area contributed by atoms with Gasteiger partial charge in [-0.25, -0.2) is 0 Å². The Morgan fingerprint density at radius 1 is 1.35 bits per heavy atom. The first kappa shape index (κ1) is 14.2. The lowest BCUT2D eigenvalue weighted by atomic mass is 10.3. The summed E-state index contributed by atoms with van der Waals surface area (Å²) < 4.78 is 1.28. The predicted octanol–water partition coefficient (Wildman–Crippen LogP) is 1.79. The average Bonchev–Trinajstić information content (AvgIpc) is 2.43. The number of hydrogen-bond acceptors (Lipinski definition) is 4. The Balaban J connectivity index is 2.09. The second kappa shape index (κ2) is 6.29. The molecule has 0 fully saturated rings. The Bertz CT molecular complexity index is 682. The second-order valence-electron chi connectivity index (χ2n) is 4.21. The van der Waals surface area contributed by atoms with Crippen molar-refractivity contribution in [3.05, 3.63) is 52.9 Å². The van der Waals surface area contributed by atoms with Crippen molar-refractivity contribution in [3.8, 4) is 0 Å². The van der Waals surface area contributed by atoms with Gasteiger partial charge in [-0.15, -0.1) is 11.8 Å². The van der Waals surface area contributed by atoms with E-state index in [1.54, 1.807) is 17.8 Å². The molecule has 1 amide bonds. The van der Waals surface area contributed by atoms with Crippen molar-refractivity contribution >= 4 is 29.0 Å². The molecule has 6 heteroatoms. The van der Waals surface area contributed by atoms with Gasteiger partial charge in [0.15, 0.2) is 0 Å². The van der Waals surface area contributed by atoms with E-state index in [1.165, 1.54) is 22.9 Å². The smallest absolute Gasteiger partial charge is 0.251 e. The molecule has 0 atom stereocenters. The van der Waals surface area contributed by atoms with E-state index in [0.29, 0.717) is 11.4 Å². The highest BCUT2D eigenvalue weighted by atomic mass is 32.2. The molecule has 20 heavy (non-hydrogen) atoms. The first-order valence-electron chi connectivity index (χ1n) is 5.98. The Kier molecular flexibility index (Phi) is 4.47. The number of carbonyl (C=O) groups excluding carboxylic acids is 1. The third-order valence-electron chi connectivity index (χ3n) is 2.67. The molecule has 2 aromatic rings. The first-order chi connectivity index (χ1) is 9.58. The Morgan fingerprint density at radius 2 is 2.15 bits per heavy atom. The summed E-state index contributed by atoms with van der Waals surface area (Å²) in [6.07, 6.45) is 3.42. The summed E-state index contributed by atoms with van der Waals surface area (Å²) in [5.74, 6) is -0.268. The zero-order valence-electron chi connectivity index (χ0n) is 11.0. The zero-order valence-corrected chi connectivity index (χ0v) is 11.8. The number of carbonyl (C=O) groups is 1. The molecule has 0 saturated heterocycles. The van der Waals surface area contributed by atoms with Crippen LogP contribution in [0.2, 0.25) is 0 Å². The number of pyridine rings is 1. The molecular formula is C14H15N3O2S. The van der Waals surface area contributed by atoms with Crippen LogP contribution in [0.5, 0.6) is 0 Å². The van der Waals surface area contributed by atoms with Crippen LogP contribution in [-0.2, 0) is 11.3 Å². The van der Waals surface area contributed by atoms with Crippen molar-refractivity contribution in [2.24, 2.45) is 0 Å². The number of nitrogen functional groups attached to an aromatic ring is 1. The summed E-state index contributed by atoms with van der Waals surface area (Å²) in [5, 5.41) is 2.76. The van der Waals surface area contributed by atoms with Crippen LogP contribution in [-0.4, -0.2) is 16.7 Å². The molecule has 2 rings (SSSR count). The maximum absolute atomic E-state index is 11.9. The number of benzene rings is 1. The third-order valence-corrected chi connectivity index (χ3v) is 3.40. The minimum Gasteiger partial charge on any atom is -0.398 e. The van der Waals surface area contributed by atoms with Gasteiger partial charge in [-0.1, -0.05) is 6.07 Å². The Labute approximate surface area is 120 Å². The van der Waals surface area contributed by atoms with Gasteiger partial charge >= 0.3 is 0 Å². The minimum absolute atomic E-state index is 0.0621. The molecular weight excluding hydrogens is 274 g/mol. The Morgan fingerprint density at radius 3 is 2.90 bits per heavy atom. The number of aromatic nitrogens is 1. The highest BCUT2D eigenvalue weighted by molar-refractivity contribution is 7.98. The fourth-order valence-electron chi connectivity index (χ4n) is 1.73. The second-order valence-corrected chi connectivity index (χ2v) is 5.09. The van der Waals surface area contributed by atoms with Gasteiger partial charge in [0.1, 0.15) is 6.54 Å². The fraction of sp³-hybridized carbons (Fsp3) is 0.143. The van der Waals surface area contributed by atoms with Crippen LogP contribution in [0.4, 0.5) is 11.4 Å². The summed E-state index contributed by atoms with van der Waals surface area (Å²) in [4.78, 5) is 24.6. The van der Waals surface area contributed by atoms with E-state index in [2.05, 4.69) is 5.32 Å². The minimum atomic E-state index is -0.268. The monoisotopic (exact) mass is 289 g/mol. The molecule has 0 spiro atoms. The average molecular weight is 289 g/mol. The largest absolute Gasteiger partial charge is 0.398 e. The lowest BCUT2D eigenvalue weighted by Gasteiger charge is -2.08. The number of hydrogen-bond donors (Lipinski definition) is 2. The number of nitrogens with one attached hydrogen (secondary N) is 1. The summed E-state index contributed by atoms with van der Waals surface area (Å²) in [7, 11) is 0. The SMILES string of the molecule is CSc1cccc(NC(=O)Cn2cc(N)ccc2=O)c1. The van der Waals surface area contributed by atoms with Gasteiger partial charge in [-0.3, -0.25) is 9.59 Å². The Hall–Kier alpha value is -2.21. The molecule has 5 nitrogen and oxygen atoms in total. The van der Waals surface area contributed by atoms with Crippen molar-refractivity contribution in [2.45, 2.75) is 11.4 Å². The van der Waals surface area contributed by atoms with Crippen molar-refractivity contribution in [1.29, 1.82) is 0 Å². The van der Waals surface area contributed by atoms with Gasteiger partial charge in [-0.05, 0) is 30.5 Å². The molecule has 1 aromatic heterocycles. The molecule has 0 aliphatic carbocycles. The van der Waals surface area contributed by atoms with Crippen LogP contribution >= 0.6 is 11.8 Å². The molecule has 0 aliphatic heterocycles. The highest BCUT2D eigenvalue weighted by Crippen LogP contribution is 2.18.